The molecule has 0 amide bonds. The van der Waals surface area contributed by atoms with Crippen molar-refractivity contribution in [2.75, 3.05) is 7.05 Å². The Bertz CT molecular complexity index is 1050. The zero-order valence-corrected chi connectivity index (χ0v) is 16.3. The van der Waals surface area contributed by atoms with Crippen molar-refractivity contribution in [2.24, 2.45) is 0 Å². The summed E-state index contributed by atoms with van der Waals surface area (Å²) in [6.45, 7) is 2.90. The van der Waals surface area contributed by atoms with Crippen LogP contribution in [0.5, 0.6) is 0 Å². The van der Waals surface area contributed by atoms with Gasteiger partial charge in [0.25, 0.3) is 0 Å². The molecule has 4 aromatic rings. The molecule has 1 unspecified atom stereocenters. The highest BCUT2D eigenvalue weighted by Gasteiger charge is 2.20. The summed E-state index contributed by atoms with van der Waals surface area (Å²) in [7, 11) is 2.15. The number of rotatable bonds is 5. The third kappa shape index (κ3) is 3.33. The van der Waals surface area contributed by atoms with Gasteiger partial charge in [0.1, 0.15) is 6.04 Å². The minimum atomic E-state index is 0.262. The molecular formula is C19H20N5S2+. The molecule has 2 aromatic heterocycles. The first kappa shape index (κ1) is 17.1. The van der Waals surface area contributed by atoms with Crippen LogP contribution in [0.4, 0.5) is 0 Å². The Morgan fingerprint density at radius 2 is 1.85 bits per heavy atom. The second-order valence-corrected chi connectivity index (χ2v) is 7.82. The minimum Gasteiger partial charge on any atom is -0.311 e. The van der Waals surface area contributed by atoms with Gasteiger partial charge in [-0.15, -0.1) is 11.3 Å². The van der Waals surface area contributed by atoms with Crippen LogP contribution in [0.2, 0.25) is 0 Å². The van der Waals surface area contributed by atoms with Crippen LogP contribution in [-0.4, -0.2) is 26.8 Å². The molecule has 5 nitrogen and oxygen atoms in total. The van der Waals surface area contributed by atoms with Crippen molar-refractivity contribution in [3.05, 3.63) is 64.4 Å². The maximum atomic E-state index is 5.44. The maximum Gasteiger partial charge on any atom is 0.221 e. The highest BCUT2D eigenvalue weighted by atomic mass is 32.1. The number of para-hydroxylation sites is 1. The minimum absolute atomic E-state index is 0.262. The first-order chi connectivity index (χ1) is 12.6. The third-order valence-electron chi connectivity index (χ3n) is 4.55. The molecule has 132 valence electrons. The van der Waals surface area contributed by atoms with Crippen LogP contribution in [0.15, 0.2) is 54.6 Å². The summed E-state index contributed by atoms with van der Waals surface area (Å²) in [5, 5.41) is 4.46. The average molecular weight is 383 g/mol. The number of fused-ring (bicyclic) bond motifs is 1. The van der Waals surface area contributed by atoms with E-state index in [-0.39, 0.29) is 6.04 Å². The molecule has 26 heavy (non-hydrogen) atoms. The largest absolute Gasteiger partial charge is 0.311 e. The molecule has 0 aliphatic carbocycles. The van der Waals surface area contributed by atoms with E-state index in [2.05, 4.69) is 42.3 Å². The van der Waals surface area contributed by atoms with Gasteiger partial charge in [-0.25, -0.2) is 9.67 Å². The number of quaternary nitrogens is 1. The van der Waals surface area contributed by atoms with Gasteiger partial charge in [-0.1, -0.05) is 42.5 Å². The van der Waals surface area contributed by atoms with E-state index in [1.165, 1.54) is 9.60 Å². The number of nitrogens with one attached hydrogen (secondary N) is 2. The van der Waals surface area contributed by atoms with Crippen molar-refractivity contribution >= 4 is 33.8 Å². The topological polar surface area (TPSA) is 50.9 Å². The molecule has 0 spiro atoms. The predicted octanol–water partition coefficient (Wildman–Crippen LogP) is 3.45. The van der Waals surface area contributed by atoms with Gasteiger partial charge < -0.3 is 4.90 Å². The number of thiazole rings is 1. The fourth-order valence-corrected chi connectivity index (χ4v) is 4.17. The number of aromatic amines is 1. The molecule has 2 atom stereocenters. The van der Waals surface area contributed by atoms with Gasteiger partial charge in [0.05, 0.1) is 17.3 Å². The van der Waals surface area contributed by atoms with E-state index in [0.29, 0.717) is 11.4 Å². The standard InChI is InChI=1S/C19H19N5S2/c1-13(18-20-15-10-6-7-11-16(15)26-18)23(2)12-24-19(25)21-17(22-24)14-8-4-3-5-9-14/h3-11,13H,12H2,1-2H3,(H,21,22,25)/p+1/t13-/m0/s1. The summed E-state index contributed by atoms with van der Waals surface area (Å²) in [5.74, 6) is 0.802. The summed E-state index contributed by atoms with van der Waals surface area (Å²) in [6.07, 6.45) is 0. The second-order valence-electron chi connectivity index (χ2n) is 6.39. The van der Waals surface area contributed by atoms with Crippen molar-refractivity contribution in [1.82, 2.24) is 19.7 Å². The Morgan fingerprint density at radius 1 is 1.12 bits per heavy atom. The summed E-state index contributed by atoms with van der Waals surface area (Å²) >= 11 is 7.20. The lowest BCUT2D eigenvalue weighted by atomic mass is 10.2. The van der Waals surface area contributed by atoms with E-state index in [1.807, 2.05) is 41.1 Å². The Morgan fingerprint density at radius 3 is 2.62 bits per heavy atom. The fourth-order valence-electron chi connectivity index (χ4n) is 2.86. The monoisotopic (exact) mass is 382 g/mol. The van der Waals surface area contributed by atoms with E-state index in [9.17, 15) is 0 Å². The fraction of sp³-hybridized carbons (Fsp3) is 0.211. The number of hydrogen-bond donors (Lipinski definition) is 2. The van der Waals surface area contributed by atoms with E-state index >= 15 is 0 Å². The maximum absolute atomic E-state index is 5.44. The Kier molecular flexibility index (Phi) is 4.67. The van der Waals surface area contributed by atoms with Crippen LogP contribution >= 0.6 is 23.6 Å². The zero-order valence-electron chi connectivity index (χ0n) is 14.6. The lowest BCUT2D eigenvalue weighted by molar-refractivity contribution is -0.933. The van der Waals surface area contributed by atoms with Crippen molar-refractivity contribution < 1.29 is 4.90 Å². The predicted molar refractivity (Wildman–Crippen MR) is 108 cm³/mol. The molecule has 0 radical (unpaired) electrons. The smallest absolute Gasteiger partial charge is 0.221 e. The van der Waals surface area contributed by atoms with Crippen LogP contribution in [0.3, 0.4) is 0 Å². The molecule has 2 aromatic carbocycles. The van der Waals surface area contributed by atoms with Gasteiger partial charge >= 0.3 is 0 Å². The number of benzene rings is 2. The van der Waals surface area contributed by atoms with E-state index in [4.69, 9.17) is 17.2 Å². The molecule has 0 bridgehead atoms. The molecule has 4 rings (SSSR count). The van der Waals surface area contributed by atoms with Crippen molar-refractivity contribution in [2.45, 2.75) is 19.6 Å². The highest BCUT2D eigenvalue weighted by molar-refractivity contribution is 7.71. The molecular weight excluding hydrogens is 362 g/mol. The Labute approximate surface area is 160 Å². The summed E-state index contributed by atoms with van der Waals surface area (Å²) in [6, 6.07) is 18.6. The van der Waals surface area contributed by atoms with E-state index in [0.717, 1.165) is 21.9 Å². The molecule has 7 heteroatoms. The number of nitrogens with zero attached hydrogens (tertiary/aromatic N) is 3. The third-order valence-corrected chi connectivity index (χ3v) is 6.08. The SMILES string of the molecule is C[C@@H](c1nc2ccccc2s1)[NH+](C)Cn1[nH]c(-c2ccccc2)nc1=S. The van der Waals surface area contributed by atoms with Crippen LogP contribution in [0.1, 0.15) is 18.0 Å². The first-order valence-electron chi connectivity index (χ1n) is 8.52. The highest BCUT2D eigenvalue weighted by Crippen LogP contribution is 2.24. The van der Waals surface area contributed by atoms with Gasteiger partial charge in [0.2, 0.25) is 4.77 Å². The summed E-state index contributed by atoms with van der Waals surface area (Å²) in [5.41, 5.74) is 2.10. The quantitative estimate of drug-likeness (QED) is 0.520. The number of aromatic nitrogens is 4. The van der Waals surface area contributed by atoms with Gasteiger partial charge in [0, 0.05) is 5.56 Å². The molecule has 2 heterocycles. The lowest BCUT2D eigenvalue weighted by Gasteiger charge is -2.19. The van der Waals surface area contributed by atoms with Gasteiger partial charge in [0.15, 0.2) is 17.5 Å². The molecule has 0 saturated heterocycles. The molecule has 0 fully saturated rings. The summed E-state index contributed by atoms with van der Waals surface area (Å²) < 4.78 is 3.72. The number of H-pyrrole nitrogens is 1. The van der Waals surface area contributed by atoms with E-state index in [1.54, 1.807) is 11.3 Å². The van der Waals surface area contributed by atoms with Crippen molar-refractivity contribution in [3.63, 3.8) is 0 Å². The van der Waals surface area contributed by atoms with Crippen LogP contribution in [0.25, 0.3) is 21.6 Å². The molecule has 0 aliphatic rings. The Balaban J connectivity index is 1.55. The van der Waals surface area contributed by atoms with Crippen molar-refractivity contribution in [1.29, 1.82) is 0 Å². The van der Waals surface area contributed by atoms with Crippen molar-refractivity contribution in [3.8, 4) is 11.4 Å². The zero-order chi connectivity index (χ0) is 18.1. The summed E-state index contributed by atoms with van der Waals surface area (Å²) in [4.78, 5) is 10.6. The molecule has 2 N–H and O–H groups in total. The lowest BCUT2D eigenvalue weighted by Crippen LogP contribution is -3.08. The van der Waals surface area contributed by atoms with Gasteiger partial charge in [-0.3, -0.25) is 5.10 Å². The molecule has 0 saturated carbocycles. The first-order valence-corrected chi connectivity index (χ1v) is 9.74. The van der Waals surface area contributed by atoms with Gasteiger partial charge in [-0.2, -0.15) is 4.98 Å². The Hall–Kier alpha value is -2.35. The van der Waals surface area contributed by atoms with Gasteiger partial charge in [-0.05, 0) is 31.3 Å². The normalized spacial score (nSPS) is 13.8. The van der Waals surface area contributed by atoms with Crippen LogP contribution < -0.4 is 4.90 Å². The molecule has 0 aliphatic heterocycles. The van der Waals surface area contributed by atoms with Crippen LogP contribution in [-0.2, 0) is 6.67 Å². The second kappa shape index (κ2) is 7.11. The van der Waals surface area contributed by atoms with Crippen LogP contribution in [0, 0.1) is 4.77 Å². The average Bonchev–Trinajstić information content (AvgIpc) is 3.25. The van der Waals surface area contributed by atoms with E-state index < -0.39 is 0 Å². The number of hydrogen-bond acceptors (Lipinski definition) is 4.